The highest BCUT2D eigenvalue weighted by Gasteiger charge is 2.31. The summed E-state index contributed by atoms with van der Waals surface area (Å²) >= 11 is 0. The van der Waals surface area contributed by atoms with Crippen molar-refractivity contribution in [2.75, 3.05) is 0 Å². The van der Waals surface area contributed by atoms with Crippen molar-refractivity contribution in [2.24, 2.45) is 13.0 Å². The summed E-state index contributed by atoms with van der Waals surface area (Å²) in [6.07, 6.45) is 3.50. The summed E-state index contributed by atoms with van der Waals surface area (Å²) < 4.78 is 17.7. The molecule has 13 heteroatoms. The predicted molar refractivity (Wildman–Crippen MR) is 122 cm³/mol. The van der Waals surface area contributed by atoms with Crippen molar-refractivity contribution >= 4 is 17.8 Å². The molecule has 188 valence electrons. The molecule has 2 aromatic heterocycles. The summed E-state index contributed by atoms with van der Waals surface area (Å²) in [6.45, 7) is 1.57. The van der Waals surface area contributed by atoms with E-state index in [1.54, 1.807) is 20.2 Å². The van der Waals surface area contributed by atoms with Crippen LogP contribution in [0.5, 0.6) is 11.6 Å². The normalized spacial score (nSPS) is 16.9. The monoisotopic (exact) mass is 497 g/mol. The van der Waals surface area contributed by atoms with Crippen molar-refractivity contribution in [2.45, 2.75) is 38.9 Å². The van der Waals surface area contributed by atoms with Gasteiger partial charge in [0, 0.05) is 24.7 Å². The summed E-state index contributed by atoms with van der Waals surface area (Å²) in [7, 11) is 1.68. The number of ether oxygens (including phenoxy) is 3. The van der Waals surface area contributed by atoms with Crippen LogP contribution in [0.1, 0.15) is 30.7 Å². The van der Waals surface area contributed by atoms with E-state index in [1.165, 1.54) is 35.1 Å². The van der Waals surface area contributed by atoms with Gasteiger partial charge in [-0.2, -0.15) is 5.10 Å². The molecular weight excluding hydrogens is 474 g/mol. The summed E-state index contributed by atoms with van der Waals surface area (Å²) in [5.74, 6) is -0.789. The second-order valence-electron chi connectivity index (χ2n) is 8.25. The van der Waals surface area contributed by atoms with Crippen molar-refractivity contribution < 1.29 is 33.8 Å². The SMILES string of the molecule is Cc1nc(-c2cnn(C)c2COC(=O)Oc2ccc([N+](=O)[O-])cc2)cnc1OC1CCC(C(=O)O)C1. The smallest absolute Gasteiger partial charge is 0.481 e. The number of carbonyl (C=O) groups is 2. The third kappa shape index (κ3) is 5.56. The van der Waals surface area contributed by atoms with Crippen molar-refractivity contribution in [3.63, 3.8) is 0 Å². The number of aliphatic carboxylic acids is 1. The third-order valence-corrected chi connectivity index (χ3v) is 5.83. The lowest BCUT2D eigenvalue weighted by Crippen LogP contribution is -2.17. The molecule has 0 radical (unpaired) electrons. The van der Waals surface area contributed by atoms with E-state index >= 15 is 0 Å². The molecule has 1 saturated carbocycles. The Morgan fingerprint density at radius 3 is 2.61 bits per heavy atom. The van der Waals surface area contributed by atoms with Gasteiger partial charge in [-0.1, -0.05) is 0 Å². The fourth-order valence-electron chi connectivity index (χ4n) is 3.88. The first-order valence-electron chi connectivity index (χ1n) is 11.0. The predicted octanol–water partition coefficient (Wildman–Crippen LogP) is 3.44. The Morgan fingerprint density at radius 2 is 1.97 bits per heavy atom. The number of hydrogen-bond acceptors (Lipinski definition) is 10. The van der Waals surface area contributed by atoms with E-state index in [4.69, 9.17) is 19.3 Å². The number of aryl methyl sites for hydroxylation is 2. The molecule has 3 aromatic rings. The van der Waals surface area contributed by atoms with E-state index in [0.29, 0.717) is 47.8 Å². The zero-order valence-corrected chi connectivity index (χ0v) is 19.5. The Hall–Kier alpha value is -4.55. The second-order valence-corrected chi connectivity index (χ2v) is 8.25. The van der Waals surface area contributed by atoms with Gasteiger partial charge in [-0.3, -0.25) is 19.6 Å². The van der Waals surface area contributed by atoms with Gasteiger partial charge in [-0.15, -0.1) is 0 Å². The van der Waals surface area contributed by atoms with Gasteiger partial charge >= 0.3 is 12.1 Å². The molecule has 0 amide bonds. The van der Waals surface area contributed by atoms with Crippen LogP contribution in [0.25, 0.3) is 11.3 Å². The first-order valence-corrected chi connectivity index (χ1v) is 11.0. The number of aromatic nitrogens is 4. The zero-order valence-electron chi connectivity index (χ0n) is 19.5. The Labute approximate surface area is 204 Å². The topological polar surface area (TPSA) is 169 Å². The van der Waals surface area contributed by atoms with E-state index in [0.717, 1.165) is 0 Å². The van der Waals surface area contributed by atoms with Crippen LogP contribution in [0.4, 0.5) is 10.5 Å². The summed E-state index contributed by atoms with van der Waals surface area (Å²) in [4.78, 5) is 42.4. The molecule has 0 saturated heterocycles. The number of benzene rings is 1. The minimum absolute atomic E-state index is 0.102. The number of hydrogen-bond donors (Lipinski definition) is 1. The molecule has 13 nitrogen and oxygen atoms in total. The van der Waals surface area contributed by atoms with Gasteiger partial charge in [-0.25, -0.2) is 14.8 Å². The summed E-state index contributed by atoms with van der Waals surface area (Å²) in [6, 6.07) is 5.02. The van der Waals surface area contributed by atoms with E-state index in [2.05, 4.69) is 15.1 Å². The minimum atomic E-state index is -0.988. The Bertz CT molecular complexity index is 1290. The Balaban J connectivity index is 1.40. The maximum Gasteiger partial charge on any atom is 0.514 e. The molecule has 1 fully saturated rings. The highest BCUT2D eigenvalue weighted by atomic mass is 16.7. The molecule has 0 bridgehead atoms. The number of non-ortho nitro benzene ring substituents is 1. The van der Waals surface area contributed by atoms with Crippen molar-refractivity contribution in [1.82, 2.24) is 19.7 Å². The first-order chi connectivity index (χ1) is 17.2. The average Bonchev–Trinajstić information content (AvgIpc) is 3.46. The molecule has 1 aromatic carbocycles. The molecule has 36 heavy (non-hydrogen) atoms. The number of nitro groups is 1. The van der Waals surface area contributed by atoms with Crippen molar-refractivity contribution in [1.29, 1.82) is 0 Å². The molecule has 2 atom stereocenters. The van der Waals surface area contributed by atoms with Gasteiger partial charge in [0.05, 0.1) is 34.6 Å². The second kappa shape index (κ2) is 10.4. The van der Waals surface area contributed by atoms with Crippen LogP contribution in [-0.4, -0.2) is 48.0 Å². The van der Waals surface area contributed by atoms with E-state index < -0.39 is 23.0 Å². The van der Waals surface area contributed by atoms with Crippen LogP contribution >= 0.6 is 0 Å². The molecule has 2 heterocycles. The summed E-state index contributed by atoms with van der Waals surface area (Å²) in [5, 5.41) is 24.1. The number of carbonyl (C=O) groups excluding carboxylic acids is 1. The van der Waals surface area contributed by atoms with Gasteiger partial charge < -0.3 is 19.3 Å². The van der Waals surface area contributed by atoms with E-state index in [1.807, 2.05) is 0 Å². The van der Waals surface area contributed by atoms with Crippen LogP contribution in [0.2, 0.25) is 0 Å². The lowest BCUT2D eigenvalue weighted by Gasteiger charge is -2.14. The number of carboxylic acid groups (broad SMARTS) is 1. The lowest BCUT2D eigenvalue weighted by atomic mass is 10.1. The van der Waals surface area contributed by atoms with E-state index in [-0.39, 0.29) is 24.1 Å². The molecule has 0 aliphatic heterocycles. The van der Waals surface area contributed by atoms with Crippen LogP contribution in [0.15, 0.2) is 36.7 Å². The largest absolute Gasteiger partial charge is 0.514 e. The Kier molecular flexibility index (Phi) is 7.08. The Morgan fingerprint density at radius 1 is 1.22 bits per heavy atom. The average molecular weight is 497 g/mol. The maximum absolute atomic E-state index is 12.1. The quantitative estimate of drug-likeness (QED) is 0.209. The molecule has 0 spiro atoms. The van der Waals surface area contributed by atoms with Gasteiger partial charge in [0.2, 0.25) is 5.88 Å². The molecular formula is C23H23N5O8. The lowest BCUT2D eigenvalue weighted by molar-refractivity contribution is -0.384. The fraction of sp³-hybridized carbons (Fsp3) is 0.348. The van der Waals surface area contributed by atoms with Crippen molar-refractivity contribution in [3.05, 3.63) is 58.2 Å². The molecule has 4 rings (SSSR count). The molecule has 1 aliphatic rings. The third-order valence-electron chi connectivity index (χ3n) is 5.83. The molecule has 2 unspecified atom stereocenters. The van der Waals surface area contributed by atoms with Crippen LogP contribution in [0.3, 0.4) is 0 Å². The number of rotatable bonds is 8. The fourth-order valence-corrected chi connectivity index (χ4v) is 3.88. The number of nitrogens with zero attached hydrogens (tertiary/aromatic N) is 5. The van der Waals surface area contributed by atoms with Crippen LogP contribution in [-0.2, 0) is 23.2 Å². The maximum atomic E-state index is 12.1. The first kappa shape index (κ1) is 24.6. The summed E-state index contributed by atoms with van der Waals surface area (Å²) in [5.41, 5.74) is 2.02. The van der Waals surface area contributed by atoms with Gasteiger partial charge in [0.15, 0.2) is 0 Å². The van der Waals surface area contributed by atoms with Crippen LogP contribution in [0, 0.1) is 23.0 Å². The van der Waals surface area contributed by atoms with Gasteiger partial charge in [0.25, 0.3) is 5.69 Å². The van der Waals surface area contributed by atoms with Gasteiger partial charge in [-0.05, 0) is 38.3 Å². The molecule has 1 N–H and O–H groups in total. The highest BCUT2D eigenvalue weighted by Crippen LogP contribution is 2.30. The standard InChI is InChI=1S/C23H23N5O8/c1-13-21(35-17-6-3-14(9-17)22(29)30)24-11-19(26-13)18-10-25-27(2)20(18)12-34-23(31)36-16-7-4-15(5-8-16)28(32)33/h4-5,7-8,10-11,14,17H,3,6,9,12H2,1-2H3,(H,29,30). The zero-order chi connectivity index (χ0) is 25.8. The van der Waals surface area contributed by atoms with Crippen LogP contribution < -0.4 is 9.47 Å². The van der Waals surface area contributed by atoms with Gasteiger partial charge in [0.1, 0.15) is 24.2 Å². The molecule has 1 aliphatic carbocycles. The number of carboxylic acids is 1. The van der Waals surface area contributed by atoms with E-state index in [9.17, 15) is 19.7 Å². The minimum Gasteiger partial charge on any atom is -0.481 e. The number of nitro benzene ring substituents is 1. The van der Waals surface area contributed by atoms with Crippen molar-refractivity contribution in [3.8, 4) is 22.9 Å². The highest BCUT2D eigenvalue weighted by molar-refractivity contribution is 5.70.